The Morgan fingerprint density at radius 3 is 2.17 bits per heavy atom. The van der Waals surface area contributed by atoms with Gasteiger partial charge < -0.3 is 19.9 Å². The van der Waals surface area contributed by atoms with E-state index in [-0.39, 0.29) is 13.0 Å². The molecular weight excluding hydrogens is 382 g/mol. The Balaban J connectivity index is 1.60. The van der Waals surface area contributed by atoms with Crippen LogP contribution in [0.25, 0.3) is 0 Å². The molecule has 1 atom stereocenters. The van der Waals surface area contributed by atoms with Gasteiger partial charge in [0.1, 0.15) is 18.1 Å². The number of hydrogen-bond donors (Lipinski definition) is 2. The molecule has 1 amide bonds. The highest BCUT2D eigenvalue weighted by atomic mass is 16.5. The van der Waals surface area contributed by atoms with Gasteiger partial charge in [0.25, 0.3) is 0 Å². The van der Waals surface area contributed by atoms with Gasteiger partial charge in [-0.25, -0.2) is 4.79 Å². The van der Waals surface area contributed by atoms with E-state index in [2.05, 4.69) is 5.32 Å². The fourth-order valence-electron chi connectivity index (χ4n) is 2.96. The van der Waals surface area contributed by atoms with Gasteiger partial charge in [-0.2, -0.15) is 0 Å². The van der Waals surface area contributed by atoms with Gasteiger partial charge in [-0.15, -0.1) is 0 Å². The summed E-state index contributed by atoms with van der Waals surface area (Å²) in [6.07, 6.45) is -0.537. The number of rotatable bonds is 9. The van der Waals surface area contributed by atoms with Crippen LogP contribution in [-0.2, 0) is 22.6 Å². The van der Waals surface area contributed by atoms with Gasteiger partial charge in [-0.3, -0.25) is 4.79 Å². The molecule has 0 saturated carbocycles. The molecule has 0 fully saturated rings. The predicted molar refractivity (Wildman–Crippen MR) is 112 cm³/mol. The molecule has 3 rings (SSSR count). The third-order valence-corrected chi connectivity index (χ3v) is 4.32. The highest BCUT2D eigenvalue weighted by Gasteiger charge is 2.18. The van der Waals surface area contributed by atoms with Crippen LogP contribution < -0.4 is 10.1 Å². The zero-order valence-electron chi connectivity index (χ0n) is 16.4. The van der Waals surface area contributed by atoms with E-state index >= 15 is 0 Å². The number of nitrogens with one attached hydrogen (secondary N) is 1. The minimum absolute atomic E-state index is 0.118. The van der Waals surface area contributed by atoms with Crippen LogP contribution in [-0.4, -0.2) is 23.2 Å². The van der Waals surface area contributed by atoms with Crippen LogP contribution in [0.1, 0.15) is 17.5 Å². The van der Waals surface area contributed by atoms with Gasteiger partial charge in [0, 0.05) is 6.04 Å². The minimum atomic E-state index is -1.000. The van der Waals surface area contributed by atoms with Crippen molar-refractivity contribution in [1.29, 1.82) is 0 Å². The van der Waals surface area contributed by atoms with E-state index in [4.69, 9.17) is 9.47 Å². The van der Waals surface area contributed by atoms with Gasteiger partial charge in [0.2, 0.25) is 0 Å². The number of carbonyl (C=O) groups is 2. The van der Waals surface area contributed by atoms with Crippen LogP contribution in [0.2, 0.25) is 0 Å². The summed E-state index contributed by atoms with van der Waals surface area (Å²) in [5, 5.41) is 11.9. The van der Waals surface area contributed by atoms with Crippen molar-refractivity contribution >= 4 is 12.1 Å². The molecule has 0 aromatic heterocycles. The van der Waals surface area contributed by atoms with Crippen LogP contribution in [0.15, 0.2) is 84.9 Å². The molecule has 0 saturated heterocycles. The molecule has 0 aliphatic rings. The van der Waals surface area contributed by atoms with E-state index in [0.29, 0.717) is 17.9 Å². The molecule has 1 unspecified atom stereocenters. The Morgan fingerprint density at radius 1 is 0.833 bits per heavy atom. The number of para-hydroxylation sites is 1. The minimum Gasteiger partial charge on any atom is -0.481 e. The van der Waals surface area contributed by atoms with Gasteiger partial charge in [0.05, 0.1) is 6.42 Å². The lowest BCUT2D eigenvalue weighted by molar-refractivity contribution is -0.137. The molecule has 0 bridgehead atoms. The molecule has 0 aliphatic heterocycles. The lowest BCUT2D eigenvalue weighted by Crippen LogP contribution is -2.38. The first kappa shape index (κ1) is 20.9. The largest absolute Gasteiger partial charge is 0.481 e. The number of carbonyl (C=O) groups excluding carboxylic acids is 1. The average Bonchev–Trinajstić information content (AvgIpc) is 2.73. The number of carboxylic acids is 1. The van der Waals surface area contributed by atoms with Gasteiger partial charge >= 0.3 is 12.1 Å². The van der Waals surface area contributed by atoms with Crippen molar-refractivity contribution in [2.45, 2.75) is 25.5 Å². The molecular formula is C24H23NO5. The maximum absolute atomic E-state index is 12.2. The molecule has 3 aromatic rings. The monoisotopic (exact) mass is 405 g/mol. The van der Waals surface area contributed by atoms with Gasteiger partial charge in [0.15, 0.2) is 0 Å². The van der Waals surface area contributed by atoms with Crippen molar-refractivity contribution in [2.24, 2.45) is 0 Å². The predicted octanol–water partition coefficient (Wildman–Crippen LogP) is 4.79. The smallest absolute Gasteiger partial charge is 0.407 e. The zero-order chi connectivity index (χ0) is 21.2. The maximum Gasteiger partial charge on any atom is 0.407 e. The number of aliphatic carboxylic acids is 1. The molecule has 2 N–H and O–H groups in total. The first-order chi connectivity index (χ1) is 14.6. The first-order valence-corrected chi connectivity index (χ1v) is 9.59. The Hall–Kier alpha value is -3.80. The normalized spacial score (nSPS) is 11.3. The number of alkyl carbamates (subject to hydrolysis) is 1. The molecule has 0 aliphatic carbocycles. The first-order valence-electron chi connectivity index (χ1n) is 9.59. The molecule has 6 heteroatoms. The highest BCUT2D eigenvalue weighted by Crippen LogP contribution is 2.22. The summed E-state index contributed by atoms with van der Waals surface area (Å²) in [5.41, 5.74) is 1.70. The van der Waals surface area contributed by atoms with Crippen molar-refractivity contribution in [2.75, 3.05) is 0 Å². The number of ether oxygens (including phenoxy) is 2. The lowest BCUT2D eigenvalue weighted by atomic mass is 10.0. The maximum atomic E-state index is 12.2. The van der Waals surface area contributed by atoms with E-state index in [1.54, 1.807) is 0 Å². The lowest BCUT2D eigenvalue weighted by Gasteiger charge is -2.17. The standard InChI is InChI=1S/C24H23NO5/c26-23(27)16-20(25-24(28)29-17-18-8-3-1-4-9-18)14-19-10-7-13-22(15-19)30-21-11-5-2-6-12-21/h1-13,15,20H,14,16-17H2,(H,25,28)(H,26,27). The molecule has 0 radical (unpaired) electrons. The molecule has 0 heterocycles. The molecule has 154 valence electrons. The molecule has 30 heavy (non-hydrogen) atoms. The fourth-order valence-corrected chi connectivity index (χ4v) is 2.96. The van der Waals surface area contributed by atoms with E-state index in [9.17, 15) is 14.7 Å². The van der Waals surface area contributed by atoms with Crippen molar-refractivity contribution in [3.05, 3.63) is 96.1 Å². The Bertz CT molecular complexity index is 960. The average molecular weight is 405 g/mol. The van der Waals surface area contributed by atoms with Crippen LogP contribution >= 0.6 is 0 Å². The van der Waals surface area contributed by atoms with Gasteiger partial charge in [-0.1, -0.05) is 60.7 Å². The van der Waals surface area contributed by atoms with E-state index in [0.717, 1.165) is 11.1 Å². The second kappa shape index (κ2) is 10.7. The summed E-state index contributed by atoms with van der Waals surface area (Å²) in [6.45, 7) is 0.118. The highest BCUT2D eigenvalue weighted by molar-refractivity contribution is 5.71. The summed E-state index contributed by atoms with van der Waals surface area (Å²) >= 11 is 0. The van der Waals surface area contributed by atoms with Gasteiger partial charge in [-0.05, 0) is 41.8 Å². The number of amides is 1. The molecule has 3 aromatic carbocycles. The number of benzene rings is 3. The van der Waals surface area contributed by atoms with Crippen molar-refractivity contribution in [3.8, 4) is 11.5 Å². The Kier molecular flexibility index (Phi) is 7.44. The zero-order valence-corrected chi connectivity index (χ0v) is 16.4. The van der Waals surface area contributed by atoms with Crippen LogP contribution in [0, 0.1) is 0 Å². The van der Waals surface area contributed by atoms with Crippen molar-refractivity contribution < 1.29 is 24.2 Å². The number of hydrogen-bond acceptors (Lipinski definition) is 4. The fraction of sp³-hybridized carbons (Fsp3) is 0.167. The van der Waals surface area contributed by atoms with Crippen molar-refractivity contribution in [1.82, 2.24) is 5.32 Å². The van der Waals surface area contributed by atoms with Crippen LogP contribution in [0.5, 0.6) is 11.5 Å². The summed E-state index contributed by atoms with van der Waals surface area (Å²) in [7, 11) is 0. The van der Waals surface area contributed by atoms with E-state index < -0.39 is 18.1 Å². The summed E-state index contributed by atoms with van der Waals surface area (Å²) in [5.74, 6) is 0.346. The van der Waals surface area contributed by atoms with Crippen LogP contribution in [0.3, 0.4) is 0 Å². The van der Waals surface area contributed by atoms with E-state index in [1.165, 1.54) is 0 Å². The topological polar surface area (TPSA) is 84.9 Å². The summed E-state index contributed by atoms with van der Waals surface area (Å²) in [6, 6.07) is 25.4. The molecule has 0 spiro atoms. The number of carboxylic acid groups (broad SMARTS) is 1. The van der Waals surface area contributed by atoms with E-state index in [1.807, 2.05) is 84.9 Å². The summed E-state index contributed by atoms with van der Waals surface area (Å²) < 4.78 is 11.0. The second-order valence-electron chi connectivity index (χ2n) is 6.77. The quantitative estimate of drug-likeness (QED) is 0.535. The SMILES string of the molecule is O=C(O)CC(Cc1cccc(Oc2ccccc2)c1)NC(=O)OCc1ccccc1. The Morgan fingerprint density at radius 2 is 1.47 bits per heavy atom. The Labute approximate surface area is 175 Å². The third kappa shape index (κ3) is 6.98. The third-order valence-electron chi connectivity index (χ3n) is 4.32. The summed E-state index contributed by atoms with van der Waals surface area (Å²) in [4.78, 5) is 23.4. The van der Waals surface area contributed by atoms with Crippen molar-refractivity contribution in [3.63, 3.8) is 0 Å². The van der Waals surface area contributed by atoms with Crippen LogP contribution in [0.4, 0.5) is 4.79 Å². The second-order valence-corrected chi connectivity index (χ2v) is 6.77. The molecule has 6 nitrogen and oxygen atoms in total.